The van der Waals surface area contributed by atoms with E-state index in [1.165, 1.54) is 10.6 Å². The van der Waals surface area contributed by atoms with Crippen molar-refractivity contribution in [2.24, 2.45) is 5.41 Å². The zero-order chi connectivity index (χ0) is 32.9. The number of carboxylic acid groups (broad SMARTS) is 1. The monoisotopic (exact) mass is 657 g/mol. The topological polar surface area (TPSA) is 86.5 Å². The van der Waals surface area contributed by atoms with Crippen molar-refractivity contribution in [3.63, 3.8) is 0 Å². The molecule has 0 spiro atoms. The van der Waals surface area contributed by atoms with Crippen LogP contribution in [0.25, 0.3) is 22.3 Å². The summed E-state index contributed by atoms with van der Waals surface area (Å²) in [5.74, 6) is -7.87. The van der Waals surface area contributed by atoms with E-state index in [1.807, 2.05) is 13.8 Å². The Bertz CT molecular complexity index is 2000. The highest BCUT2D eigenvalue weighted by molar-refractivity contribution is 6.30. The Balaban J connectivity index is 1.39. The van der Waals surface area contributed by atoms with Crippen LogP contribution < -0.4 is 4.74 Å². The molecule has 0 amide bonds. The minimum absolute atomic E-state index is 0.0252. The Hall–Kier alpha value is -4.55. The molecule has 6 rings (SSSR count). The number of imidazole rings is 1. The molecule has 1 saturated heterocycles. The minimum Gasteiger partial charge on any atom is -0.478 e. The summed E-state index contributed by atoms with van der Waals surface area (Å²) < 4.78 is 89.1. The Morgan fingerprint density at radius 2 is 1.74 bits per heavy atom. The first kappa shape index (κ1) is 31.4. The average molecular weight is 658 g/mol. The molecule has 0 saturated carbocycles. The van der Waals surface area contributed by atoms with Crippen LogP contribution >= 0.6 is 11.6 Å². The fourth-order valence-electron chi connectivity index (χ4n) is 5.52. The second-order valence-corrected chi connectivity index (χ2v) is 12.1. The van der Waals surface area contributed by atoms with Gasteiger partial charge in [0.2, 0.25) is 0 Å². The number of fused-ring (bicyclic) bond motifs is 1. The Kier molecular flexibility index (Phi) is 8.20. The number of benzene rings is 3. The predicted molar refractivity (Wildman–Crippen MR) is 158 cm³/mol. The molecule has 13 heteroatoms. The van der Waals surface area contributed by atoms with Crippen LogP contribution in [0.1, 0.15) is 47.2 Å². The van der Waals surface area contributed by atoms with Gasteiger partial charge >= 0.3 is 5.97 Å². The average Bonchev–Trinajstić information content (AvgIpc) is 3.55. The number of halogens is 6. The normalized spacial score (nSPS) is 15.9. The van der Waals surface area contributed by atoms with Crippen molar-refractivity contribution in [1.82, 2.24) is 14.5 Å². The molecule has 1 fully saturated rings. The van der Waals surface area contributed by atoms with Crippen LogP contribution in [0, 0.1) is 34.5 Å². The highest BCUT2D eigenvalue weighted by Crippen LogP contribution is 2.41. The molecule has 1 aliphatic rings. The molecule has 5 aromatic rings. The molecule has 2 aromatic heterocycles. The van der Waals surface area contributed by atoms with Crippen molar-refractivity contribution in [2.45, 2.75) is 32.9 Å². The number of hydrogen-bond donors (Lipinski definition) is 1. The SMILES string of the molecule is CC1(C)COC[C@H]1n1c(Cc2c(F)cc(-c3ccc(F)c(OCc4ccc(Cl)cc4)n3)c(F)c2F)nc2c(F)cc(C(=O)O)cc21. The zero-order valence-corrected chi connectivity index (χ0v) is 25.1. The van der Waals surface area contributed by atoms with E-state index < -0.39 is 69.9 Å². The van der Waals surface area contributed by atoms with E-state index in [1.54, 1.807) is 24.3 Å². The van der Waals surface area contributed by atoms with Crippen LogP contribution in [-0.2, 0) is 17.8 Å². The van der Waals surface area contributed by atoms with Crippen molar-refractivity contribution in [3.8, 4) is 17.1 Å². The number of aromatic carboxylic acids is 1. The van der Waals surface area contributed by atoms with Gasteiger partial charge in [0.05, 0.1) is 36.0 Å². The molecule has 0 unspecified atom stereocenters. The van der Waals surface area contributed by atoms with Gasteiger partial charge in [-0.05, 0) is 48.0 Å². The summed E-state index contributed by atoms with van der Waals surface area (Å²) in [6.07, 6.45) is -0.607. The predicted octanol–water partition coefficient (Wildman–Crippen LogP) is 7.91. The molecule has 0 aliphatic carbocycles. The van der Waals surface area contributed by atoms with Gasteiger partial charge in [-0.3, -0.25) is 0 Å². The molecule has 3 aromatic carbocycles. The lowest BCUT2D eigenvalue weighted by atomic mass is 9.87. The summed E-state index contributed by atoms with van der Waals surface area (Å²) in [4.78, 5) is 19.9. The Morgan fingerprint density at radius 3 is 2.41 bits per heavy atom. The van der Waals surface area contributed by atoms with E-state index in [9.17, 15) is 14.3 Å². The van der Waals surface area contributed by atoms with Gasteiger partial charge in [-0.15, -0.1) is 0 Å². The van der Waals surface area contributed by atoms with Crippen molar-refractivity contribution in [2.75, 3.05) is 13.2 Å². The number of rotatable bonds is 8. The number of carboxylic acids is 1. The van der Waals surface area contributed by atoms with Gasteiger partial charge in [-0.25, -0.2) is 36.7 Å². The lowest BCUT2D eigenvalue weighted by Crippen LogP contribution is -2.27. The largest absolute Gasteiger partial charge is 0.478 e. The van der Waals surface area contributed by atoms with Crippen LogP contribution in [0.2, 0.25) is 5.02 Å². The summed E-state index contributed by atoms with van der Waals surface area (Å²) >= 11 is 5.87. The molecule has 0 radical (unpaired) electrons. The zero-order valence-electron chi connectivity index (χ0n) is 24.4. The van der Waals surface area contributed by atoms with E-state index in [0.717, 1.165) is 24.3 Å². The van der Waals surface area contributed by atoms with E-state index in [0.29, 0.717) is 17.2 Å². The van der Waals surface area contributed by atoms with Gasteiger partial charge < -0.3 is 19.1 Å². The summed E-state index contributed by atoms with van der Waals surface area (Å²) in [6, 6.07) is 10.8. The van der Waals surface area contributed by atoms with Crippen molar-refractivity contribution in [1.29, 1.82) is 0 Å². The molecular weight excluding hydrogens is 633 g/mol. The number of ether oxygens (including phenoxy) is 2. The number of pyridine rings is 1. The lowest BCUT2D eigenvalue weighted by Gasteiger charge is -2.28. The first-order chi connectivity index (χ1) is 21.8. The molecule has 1 aliphatic heterocycles. The first-order valence-electron chi connectivity index (χ1n) is 14.1. The van der Waals surface area contributed by atoms with Gasteiger partial charge in [0.1, 0.15) is 23.8 Å². The summed E-state index contributed by atoms with van der Waals surface area (Å²) in [5, 5.41) is 10.0. The van der Waals surface area contributed by atoms with Crippen molar-refractivity contribution < 1.29 is 41.3 Å². The number of nitrogens with zero attached hydrogens (tertiary/aromatic N) is 3. The number of hydrogen-bond acceptors (Lipinski definition) is 5. The van der Waals surface area contributed by atoms with Crippen LogP contribution in [-0.4, -0.2) is 38.8 Å². The van der Waals surface area contributed by atoms with Crippen molar-refractivity contribution in [3.05, 3.63) is 111 Å². The Morgan fingerprint density at radius 1 is 1.00 bits per heavy atom. The maximum Gasteiger partial charge on any atom is 0.335 e. The molecule has 1 N–H and O–H groups in total. The van der Waals surface area contributed by atoms with E-state index in [4.69, 9.17) is 21.1 Å². The number of carbonyl (C=O) groups is 1. The molecular formula is C33H25ClF5N3O4. The smallest absolute Gasteiger partial charge is 0.335 e. The molecule has 46 heavy (non-hydrogen) atoms. The molecule has 1 atom stereocenters. The highest BCUT2D eigenvalue weighted by Gasteiger charge is 2.39. The van der Waals surface area contributed by atoms with Crippen LogP contribution in [0.15, 0.2) is 54.6 Å². The maximum absolute atomic E-state index is 15.7. The van der Waals surface area contributed by atoms with Crippen molar-refractivity contribution >= 4 is 28.6 Å². The summed E-state index contributed by atoms with van der Waals surface area (Å²) in [7, 11) is 0. The van der Waals surface area contributed by atoms with Gasteiger partial charge in [0.25, 0.3) is 5.88 Å². The third kappa shape index (κ3) is 5.78. The first-order valence-corrected chi connectivity index (χ1v) is 14.4. The van der Waals surface area contributed by atoms with E-state index in [-0.39, 0.29) is 41.3 Å². The molecule has 3 heterocycles. The molecule has 238 valence electrons. The van der Waals surface area contributed by atoms with Crippen LogP contribution in [0.4, 0.5) is 22.0 Å². The van der Waals surface area contributed by atoms with Gasteiger partial charge in [-0.1, -0.05) is 37.6 Å². The minimum atomic E-state index is -1.54. The van der Waals surface area contributed by atoms with E-state index in [2.05, 4.69) is 9.97 Å². The molecule has 7 nitrogen and oxygen atoms in total. The Labute approximate surface area is 264 Å². The fourth-order valence-corrected chi connectivity index (χ4v) is 5.65. The number of aromatic nitrogens is 3. The molecule has 0 bridgehead atoms. The third-order valence-electron chi connectivity index (χ3n) is 8.00. The van der Waals surface area contributed by atoms with E-state index >= 15 is 17.6 Å². The maximum atomic E-state index is 15.7. The second-order valence-electron chi connectivity index (χ2n) is 11.6. The second kappa shape index (κ2) is 12.0. The lowest BCUT2D eigenvalue weighted by molar-refractivity contribution is 0.0696. The highest BCUT2D eigenvalue weighted by atomic mass is 35.5. The summed E-state index contributed by atoms with van der Waals surface area (Å²) in [5.41, 5.74) is -1.92. The van der Waals surface area contributed by atoms with Crippen LogP contribution in [0.3, 0.4) is 0 Å². The van der Waals surface area contributed by atoms with Gasteiger partial charge in [0.15, 0.2) is 23.3 Å². The summed E-state index contributed by atoms with van der Waals surface area (Å²) in [6.45, 7) is 4.08. The quantitative estimate of drug-likeness (QED) is 0.135. The standard InChI is InChI=1S/C33H25ClF5N3O4/c1-33(2)15-45-14-26(33)42-25-10-17(32(43)44)9-23(37)30(25)41-27(42)12-19-22(36)11-20(29(39)28(19)38)24-8-7-21(35)31(40-24)46-13-16-3-5-18(34)6-4-16/h3-11,26H,12-15H2,1-2H3,(H,43,44)/t26-/m1/s1. The van der Waals surface area contributed by atoms with Gasteiger partial charge in [0, 0.05) is 28.0 Å². The van der Waals surface area contributed by atoms with Gasteiger partial charge in [-0.2, -0.15) is 0 Å². The van der Waals surface area contributed by atoms with Crippen LogP contribution in [0.5, 0.6) is 5.88 Å². The fraction of sp³-hybridized carbons (Fsp3) is 0.242. The third-order valence-corrected chi connectivity index (χ3v) is 8.25.